The Morgan fingerprint density at radius 1 is 1.43 bits per heavy atom. The Morgan fingerprint density at radius 2 is 2.26 bits per heavy atom. The zero-order valence-corrected chi connectivity index (χ0v) is 14.0. The first-order valence-corrected chi connectivity index (χ1v) is 8.61. The molecule has 3 rings (SSSR count). The van der Waals surface area contributed by atoms with Gasteiger partial charge in [0.25, 0.3) is 5.91 Å². The third-order valence-electron chi connectivity index (χ3n) is 3.81. The van der Waals surface area contributed by atoms with E-state index in [9.17, 15) is 4.79 Å². The van der Waals surface area contributed by atoms with Crippen LogP contribution in [0.15, 0.2) is 36.5 Å². The number of carbonyl (C=O) groups is 1. The van der Waals surface area contributed by atoms with Gasteiger partial charge in [-0.15, -0.1) is 11.3 Å². The van der Waals surface area contributed by atoms with Gasteiger partial charge in [-0.1, -0.05) is 30.3 Å². The maximum absolute atomic E-state index is 12.1. The standard InChI is InChI=1S/C17H21N3O2S/c1-13-18-10-16(23-13)17(21)19-9-15-12-20(7-8-22-15)11-14-5-3-2-4-6-14/h2-6,10,15H,7-9,11-12H2,1H3,(H,19,21)/t15-/m0/s1. The number of benzene rings is 1. The molecule has 5 nitrogen and oxygen atoms in total. The normalized spacial score (nSPS) is 18.7. The van der Waals surface area contributed by atoms with Gasteiger partial charge in [0.1, 0.15) is 4.88 Å². The van der Waals surface area contributed by atoms with Crippen molar-refractivity contribution >= 4 is 17.2 Å². The summed E-state index contributed by atoms with van der Waals surface area (Å²) in [6, 6.07) is 10.4. The maximum Gasteiger partial charge on any atom is 0.263 e. The molecule has 0 unspecified atom stereocenters. The molecule has 1 atom stereocenters. The Morgan fingerprint density at radius 3 is 3.00 bits per heavy atom. The number of thiazole rings is 1. The fraction of sp³-hybridized carbons (Fsp3) is 0.412. The first-order valence-electron chi connectivity index (χ1n) is 7.79. The van der Waals surface area contributed by atoms with Crippen molar-refractivity contribution < 1.29 is 9.53 Å². The van der Waals surface area contributed by atoms with Gasteiger partial charge >= 0.3 is 0 Å². The number of morpholine rings is 1. The van der Waals surface area contributed by atoms with Crippen LogP contribution in [-0.2, 0) is 11.3 Å². The summed E-state index contributed by atoms with van der Waals surface area (Å²) in [5.41, 5.74) is 1.30. The Bertz CT molecular complexity index is 644. The first kappa shape index (κ1) is 16.1. The lowest BCUT2D eigenvalue weighted by Gasteiger charge is -2.33. The summed E-state index contributed by atoms with van der Waals surface area (Å²) in [5, 5.41) is 3.85. The van der Waals surface area contributed by atoms with E-state index in [-0.39, 0.29) is 12.0 Å². The SMILES string of the molecule is Cc1ncc(C(=O)NC[C@H]2CN(Cc3ccccc3)CCO2)s1. The van der Waals surface area contributed by atoms with E-state index in [0.717, 1.165) is 24.6 Å². The van der Waals surface area contributed by atoms with Crippen molar-refractivity contribution in [3.8, 4) is 0 Å². The van der Waals surface area contributed by atoms with E-state index >= 15 is 0 Å². The van der Waals surface area contributed by atoms with E-state index in [0.29, 0.717) is 18.0 Å². The van der Waals surface area contributed by atoms with Gasteiger partial charge in [0.15, 0.2) is 0 Å². The van der Waals surface area contributed by atoms with Crippen molar-refractivity contribution in [2.45, 2.75) is 19.6 Å². The lowest BCUT2D eigenvalue weighted by atomic mass is 10.2. The summed E-state index contributed by atoms with van der Waals surface area (Å²) in [5.74, 6) is -0.0700. The average Bonchev–Trinajstić information content (AvgIpc) is 3.01. The van der Waals surface area contributed by atoms with Gasteiger partial charge in [-0.2, -0.15) is 0 Å². The molecule has 1 aromatic carbocycles. The molecule has 0 spiro atoms. The van der Waals surface area contributed by atoms with Crippen molar-refractivity contribution in [3.63, 3.8) is 0 Å². The molecule has 1 amide bonds. The number of aryl methyl sites for hydroxylation is 1. The molecule has 1 N–H and O–H groups in total. The number of carbonyl (C=O) groups excluding carboxylic acids is 1. The van der Waals surface area contributed by atoms with Crippen LogP contribution in [0.4, 0.5) is 0 Å². The molecule has 122 valence electrons. The third kappa shape index (κ3) is 4.60. The summed E-state index contributed by atoms with van der Waals surface area (Å²) in [4.78, 5) is 19.2. The van der Waals surface area contributed by atoms with E-state index < -0.39 is 0 Å². The van der Waals surface area contributed by atoms with Crippen molar-refractivity contribution in [3.05, 3.63) is 52.0 Å². The molecule has 1 saturated heterocycles. The molecule has 0 bridgehead atoms. The molecular weight excluding hydrogens is 310 g/mol. The van der Waals surface area contributed by atoms with Gasteiger partial charge < -0.3 is 10.1 Å². The summed E-state index contributed by atoms with van der Waals surface area (Å²) in [7, 11) is 0. The Balaban J connectivity index is 1.48. The van der Waals surface area contributed by atoms with Crippen LogP contribution in [0.3, 0.4) is 0 Å². The number of amides is 1. The zero-order valence-electron chi connectivity index (χ0n) is 13.2. The van der Waals surface area contributed by atoms with Gasteiger partial charge in [-0.05, 0) is 12.5 Å². The molecule has 1 aliphatic rings. The van der Waals surface area contributed by atoms with Crippen LogP contribution in [0.25, 0.3) is 0 Å². The van der Waals surface area contributed by atoms with E-state index in [2.05, 4.69) is 39.5 Å². The number of aromatic nitrogens is 1. The highest BCUT2D eigenvalue weighted by Crippen LogP contribution is 2.12. The number of rotatable bonds is 5. The minimum Gasteiger partial charge on any atom is -0.374 e. The molecule has 1 fully saturated rings. The monoisotopic (exact) mass is 331 g/mol. The second-order valence-corrected chi connectivity index (χ2v) is 6.90. The van der Waals surface area contributed by atoms with Gasteiger partial charge in [-0.3, -0.25) is 9.69 Å². The van der Waals surface area contributed by atoms with Crippen LogP contribution in [0, 0.1) is 6.92 Å². The van der Waals surface area contributed by atoms with Gasteiger partial charge in [-0.25, -0.2) is 4.98 Å². The van der Waals surface area contributed by atoms with E-state index in [1.54, 1.807) is 6.20 Å². The molecular formula is C17H21N3O2S. The lowest BCUT2D eigenvalue weighted by Crippen LogP contribution is -2.47. The number of nitrogens with one attached hydrogen (secondary N) is 1. The summed E-state index contributed by atoms with van der Waals surface area (Å²) >= 11 is 1.41. The minimum absolute atomic E-state index is 0.0328. The second kappa shape index (κ2) is 7.68. The highest BCUT2D eigenvalue weighted by molar-refractivity contribution is 7.13. The first-order chi connectivity index (χ1) is 11.2. The summed E-state index contributed by atoms with van der Waals surface area (Å²) < 4.78 is 5.77. The Hall–Kier alpha value is -1.76. The van der Waals surface area contributed by atoms with Crippen LogP contribution in [0.5, 0.6) is 0 Å². The Kier molecular flexibility index (Phi) is 5.38. The number of ether oxygens (including phenoxy) is 1. The second-order valence-electron chi connectivity index (χ2n) is 5.67. The van der Waals surface area contributed by atoms with Crippen LogP contribution in [0.2, 0.25) is 0 Å². The highest BCUT2D eigenvalue weighted by atomic mass is 32.1. The molecule has 0 saturated carbocycles. The van der Waals surface area contributed by atoms with Crippen molar-refractivity contribution in [1.29, 1.82) is 0 Å². The lowest BCUT2D eigenvalue weighted by molar-refractivity contribution is -0.0292. The summed E-state index contributed by atoms with van der Waals surface area (Å²) in [6.07, 6.45) is 1.66. The molecule has 1 aliphatic heterocycles. The van der Waals surface area contributed by atoms with Gasteiger partial charge in [0.05, 0.1) is 23.9 Å². The topological polar surface area (TPSA) is 54.5 Å². The minimum atomic E-state index is -0.0700. The number of hydrogen-bond donors (Lipinski definition) is 1. The van der Waals surface area contributed by atoms with Gasteiger partial charge in [0.2, 0.25) is 0 Å². The van der Waals surface area contributed by atoms with E-state index in [1.165, 1.54) is 16.9 Å². The van der Waals surface area contributed by atoms with Crippen molar-refractivity contribution in [1.82, 2.24) is 15.2 Å². The number of nitrogens with zero attached hydrogens (tertiary/aromatic N) is 2. The molecule has 0 aliphatic carbocycles. The highest BCUT2D eigenvalue weighted by Gasteiger charge is 2.21. The fourth-order valence-corrected chi connectivity index (χ4v) is 3.34. The average molecular weight is 331 g/mol. The molecule has 6 heteroatoms. The summed E-state index contributed by atoms with van der Waals surface area (Å²) in [6.45, 7) is 5.80. The predicted octanol–water partition coefficient (Wildman–Crippen LogP) is 2.08. The van der Waals surface area contributed by atoms with Crippen molar-refractivity contribution in [2.24, 2.45) is 0 Å². The quantitative estimate of drug-likeness (QED) is 0.911. The molecule has 0 radical (unpaired) electrons. The predicted molar refractivity (Wildman–Crippen MR) is 90.6 cm³/mol. The van der Waals surface area contributed by atoms with Crippen molar-refractivity contribution in [2.75, 3.05) is 26.2 Å². The van der Waals surface area contributed by atoms with Crippen LogP contribution >= 0.6 is 11.3 Å². The molecule has 1 aromatic heterocycles. The van der Waals surface area contributed by atoms with E-state index in [1.807, 2.05) is 13.0 Å². The van der Waals surface area contributed by atoms with Crippen LogP contribution in [0.1, 0.15) is 20.2 Å². The van der Waals surface area contributed by atoms with Gasteiger partial charge in [0, 0.05) is 26.2 Å². The molecule has 23 heavy (non-hydrogen) atoms. The third-order valence-corrected chi connectivity index (χ3v) is 4.72. The van der Waals surface area contributed by atoms with Crippen LogP contribution < -0.4 is 5.32 Å². The zero-order chi connectivity index (χ0) is 16.1. The van der Waals surface area contributed by atoms with Crippen LogP contribution in [-0.4, -0.2) is 48.1 Å². The Labute approximate surface area is 140 Å². The smallest absolute Gasteiger partial charge is 0.263 e. The largest absolute Gasteiger partial charge is 0.374 e. The maximum atomic E-state index is 12.1. The van der Waals surface area contributed by atoms with E-state index in [4.69, 9.17) is 4.74 Å². The number of hydrogen-bond acceptors (Lipinski definition) is 5. The molecule has 2 heterocycles. The fourth-order valence-electron chi connectivity index (χ4n) is 2.65. The molecule has 2 aromatic rings.